The molecule has 2 fully saturated rings. The second-order valence-corrected chi connectivity index (χ2v) is 5.88. The van der Waals surface area contributed by atoms with Crippen LogP contribution in [0.25, 0.3) is 0 Å². The van der Waals surface area contributed by atoms with Crippen molar-refractivity contribution in [1.82, 2.24) is 10.2 Å². The smallest absolute Gasteiger partial charge is 0.317 e. The van der Waals surface area contributed by atoms with Gasteiger partial charge in [0, 0.05) is 24.5 Å². The molecular formula is C16H20N2O3. The molecule has 2 atom stereocenters. The Morgan fingerprint density at radius 1 is 1.24 bits per heavy atom. The lowest BCUT2D eigenvalue weighted by atomic mass is 10.1. The molecule has 0 radical (unpaired) electrons. The molecule has 1 aromatic carbocycles. The standard InChI is InChI=1S/C16H20N2O3/c19-15(20)8-9-18(12-6-7-12)16(21)17-14-10-13(14)11-4-2-1-3-5-11/h1-5,12-14H,6-10H2,(H,17,21)(H,19,20). The highest BCUT2D eigenvalue weighted by atomic mass is 16.4. The van der Waals surface area contributed by atoms with E-state index in [-0.39, 0.29) is 24.5 Å². The molecule has 0 aliphatic heterocycles. The third kappa shape index (κ3) is 3.54. The Bertz CT molecular complexity index is 528. The summed E-state index contributed by atoms with van der Waals surface area (Å²) in [5.74, 6) is -0.460. The van der Waals surface area contributed by atoms with Crippen LogP contribution in [-0.4, -0.2) is 40.6 Å². The number of aliphatic carboxylic acids is 1. The van der Waals surface area contributed by atoms with E-state index in [1.807, 2.05) is 18.2 Å². The fraction of sp³-hybridized carbons (Fsp3) is 0.500. The number of rotatable bonds is 6. The molecule has 3 rings (SSSR count). The summed E-state index contributed by atoms with van der Waals surface area (Å²) >= 11 is 0. The molecule has 0 spiro atoms. The Morgan fingerprint density at radius 2 is 1.95 bits per heavy atom. The van der Waals surface area contributed by atoms with E-state index in [4.69, 9.17) is 5.11 Å². The van der Waals surface area contributed by atoms with Crippen LogP contribution < -0.4 is 5.32 Å². The normalized spacial score (nSPS) is 23.4. The number of carboxylic acids is 1. The van der Waals surface area contributed by atoms with Gasteiger partial charge in [-0.05, 0) is 24.8 Å². The predicted molar refractivity (Wildman–Crippen MR) is 78.1 cm³/mol. The van der Waals surface area contributed by atoms with Gasteiger partial charge < -0.3 is 15.3 Å². The lowest BCUT2D eigenvalue weighted by Crippen LogP contribution is -2.43. The average molecular weight is 288 g/mol. The maximum absolute atomic E-state index is 12.3. The summed E-state index contributed by atoms with van der Waals surface area (Å²) in [4.78, 5) is 24.7. The maximum atomic E-state index is 12.3. The van der Waals surface area contributed by atoms with Crippen molar-refractivity contribution in [3.8, 4) is 0 Å². The highest BCUT2D eigenvalue weighted by Gasteiger charge is 2.41. The summed E-state index contributed by atoms with van der Waals surface area (Å²) in [6.45, 7) is 0.300. The minimum absolute atomic E-state index is 0.0106. The van der Waals surface area contributed by atoms with Gasteiger partial charge in [-0.3, -0.25) is 4.79 Å². The van der Waals surface area contributed by atoms with E-state index >= 15 is 0 Å². The molecular weight excluding hydrogens is 268 g/mol. The molecule has 2 aliphatic rings. The first-order chi connectivity index (χ1) is 10.1. The third-order valence-electron chi connectivity index (χ3n) is 4.14. The minimum Gasteiger partial charge on any atom is -0.481 e. The molecule has 2 N–H and O–H groups in total. The van der Waals surface area contributed by atoms with Crippen LogP contribution in [0, 0.1) is 0 Å². The summed E-state index contributed by atoms with van der Waals surface area (Å²) in [5.41, 5.74) is 1.26. The number of urea groups is 1. The Labute approximate surface area is 123 Å². The quantitative estimate of drug-likeness (QED) is 0.843. The Hall–Kier alpha value is -2.04. The van der Waals surface area contributed by atoms with Crippen molar-refractivity contribution < 1.29 is 14.7 Å². The maximum Gasteiger partial charge on any atom is 0.317 e. The molecule has 0 heterocycles. The predicted octanol–water partition coefficient (Wildman–Crippen LogP) is 2.19. The number of carbonyl (C=O) groups is 2. The monoisotopic (exact) mass is 288 g/mol. The first kappa shape index (κ1) is 13.9. The third-order valence-corrected chi connectivity index (χ3v) is 4.14. The zero-order valence-corrected chi connectivity index (χ0v) is 11.9. The van der Waals surface area contributed by atoms with Crippen LogP contribution in [0.5, 0.6) is 0 Å². The van der Waals surface area contributed by atoms with Crippen molar-refractivity contribution in [3.63, 3.8) is 0 Å². The van der Waals surface area contributed by atoms with Gasteiger partial charge in [-0.1, -0.05) is 30.3 Å². The number of carbonyl (C=O) groups excluding carboxylic acids is 1. The molecule has 112 valence electrons. The van der Waals surface area contributed by atoms with Gasteiger partial charge in [-0.15, -0.1) is 0 Å². The van der Waals surface area contributed by atoms with Crippen LogP contribution in [0.2, 0.25) is 0 Å². The second kappa shape index (κ2) is 5.76. The van der Waals surface area contributed by atoms with E-state index in [1.54, 1.807) is 4.90 Å². The van der Waals surface area contributed by atoms with E-state index in [0.717, 1.165) is 19.3 Å². The van der Waals surface area contributed by atoms with E-state index in [0.29, 0.717) is 12.5 Å². The Morgan fingerprint density at radius 3 is 2.57 bits per heavy atom. The first-order valence-electron chi connectivity index (χ1n) is 7.49. The highest BCUT2D eigenvalue weighted by Crippen LogP contribution is 2.41. The molecule has 21 heavy (non-hydrogen) atoms. The van der Waals surface area contributed by atoms with Crippen molar-refractivity contribution in [1.29, 1.82) is 0 Å². The number of carboxylic acid groups (broad SMARTS) is 1. The van der Waals surface area contributed by atoms with Crippen molar-refractivity contribution in [2.75, 3.05) is 6.54 Å². The molecule has 0 aromatic heterocycles. The Balaban J connectivity index is 1.52. The molecule has 0 saturated heterocycles. The topological polar surface area (TPSA) is 69.6 Å². The van der Waals surface area contributed by atoms with Crippen molar-refractivity contribution in [2.24, 2.45) is 0 Å². The van der Waals surface area contributed by atoms with Crippen LogP contribution in [0.1, 0.15) is 37.2 Å². The molecule has 0 bridgehead atoms. The van der Waals surface area contributed by atoms with Crippen molar-refractivity contribution in [2.45, 2.75) is 43.7 Å². The lowest BCUT2D eigenvalue weighted by Gasteiger charge is -2.22. The van der Waals surface area contributed by atoms with Crippen LogP contribution in [0.3, 0.4) is 0 Å². The summed E-state index contributed by atoms with van der Waals surface area (Å²) in [6, 6.07) is 10.5. The summed E-state index contributed by atoms with van der Waals surface area (Å²) in [7, 11) is 0. The van der Waals surface area contributed by atoms with E-state index < -0.39 is 5.97 Å². The van der Waals surface area contributed by atoms with Gasteiger partial charge in [0.25, 0.3) is 0 Å². The number of amides is 2. The van der Waals surface area contributed by atoms with Crippen LogP contribution in [0.15, 0.2) is 30.3 Å². The van der Waals surface area contributed by atoms with Gasteiger partial charge in [-0.25, -0.2) is 4.79 Å². The van der Waals surface area contributed by atoms with Crippen LogP contribution >= 0.6 is 0 Å². The molecule has 2 amide bonds. The number of hydrogen-bond acceptors (Lipinski definition) is 2. The second-order valence-electron chi connectivity index (χ2n) is 5.88. The lowest BCUT2D eigenvalue weighted by molar-refractivity contribution is -0.137. The van der Waals surface area contributed by atoms with Crippen LogP contribution in [0.4, 0.5) is 4.79 Å². The largest absolute Gasteiger partial charge is 0.481 e. The molecule has 5 nitrogen and oxygen atoms in total. The number of nitrogens with zero attached hydrogens (tertiary/aromatic N) is 1. The van der Waals surface area contributed by atoms with E-state index in [2.05, 4.69) is 17.4 Å². The van der Waals surface area contributed by atoms with Gasteiger partial charge >= 0.3 is 12.0 Å². The van der Waals surface area contributed by atoms with E-state index in [9.17, 15) is 9.59 Å². The Kier molecular flexibility index (Phi) is 3.82. The zero-order valence-electron chi connectivity index (χ0n) is 11.9. The molecule has 2 saturated carbocycles. The van der Waals surface area contributed by atoms with Gasteiger partial charge in [0.05, 0.1) is 6.42 Å². The van der Waals surface area contributed by atoms with Gasteiger partial charge in [0.1, 0.15) is 0 Å². The molecule has 2 aliphatic carbocycles. The summed E-state index contributed by atoms with van der Waals surface area (Å²) < 4.78 is 0. The molecule has 2 unspecified atom stereocenters. The fourth-order valence-electron chi connectivity index (χ4n) is 2.72. The zero-order chi connectivity index (χ0) is 14.8. The number of nitrogens with one attached hydrogen (secondary N) is 1. The number of hydrogen-bond donors (Lipinski definition) is 2. The van der Waals surface area contributed by atoms with Crippen molar-refractivity contribution >= 4 is 12.0 Å². The minimum atomic E-state index is -0.859. The summed E-state index contributed by atoms with van der Waals surface area (Å²) in [6.07, 6.45) is 2.95. The SMILES string of the molecule is O=C(O)CCN(C(=O)NC1CC1c1ccccc1)C1CC1. The van der Waals surface area contributed by atoms with Gasteiger partial charge in [0.15, 0.2) is 0 Å². The van der Waals surface area contributed by atoms with Gasteiger partial charge in [0.2, 0.25) is 0 Å². The average Bonchev–Trinajstić information content (AvgIpc) is 3.34. The summed E-state index contributed by atoms with van der Waals surface area (Å²) in [5, 5.41) is 11.8. The first-order valence-corrected chi connectivity index (χ1v) is 7.49. The fourth-order valence-corrected chi connectivity index (χ4v) is 2.72. The van der Waals surface area contributed by atoms with Crippen LogP contribution in [-0.2, 0) is 4.79 Å². The molecule has 1 aromatic rings. The van der Waals surface area contributed by atoms with Gasteiger partial charge in [-0.2, -0.15) is 0 Å². The molecule has 5 heteroatoms. The van der Waals surface area contributed by atoms with E-state index in [1.165, 1.54) is 5.56 Å². The highest BCUT2D eigenvalue weighted by molar-refractivity contribution is 5.77. The number of benzene rings is 1. The van der Waals surface area contributed by atoms with Crippen molar-refractivity contribution in [3.05, 3.63) is 35.9 Å².